The van der Waals surface area contributed by atoms with E-state index in [1.165, 1.54) is 18.4 Å². The van der Waals surface area contributed by atoms with Gasteiger partial charge in [-0.15, -0.1) is 0 Å². The minimum absolute atomic E-state index is 0.387. The van der Waals surface area contributed by atoms with Gasteiger partial charge in [0.15, 0.2) is 0 Å². The molecule has 0 unspecified atom stereocenters. The number of benzene rings is 2. The number of fused-ring (bicyclic) bond motifs is 3. The molecule has 0 saturated heterocycles. The Morgan fingerprint density at radius 2 is 1.62 bits per heavy atom. The molecular weight excluding hydrogens is 192 g/mol. The minimum Gasteiger partial charge on any atom is -0.0622 e. The van der Waals surface area contributed by atoms with Gasteiger partial charge in [-0.25, -0.2) is 0 Å². The van der Waals surface area contributed by atoms with E-state index in [4.69, 9.17) is 0 Å². The molecule has 1 saturated carbocycles. The number of rotatable bonds is 1. The lowest BCUT2D eigenvalue weighted by Crippen LogP contribution is -2.08. The third kappa shape index (κ3) is 0.904. The largest absolute Gasteiger partial charge is 0.0622 e. The zero-order valence-corrected chi connectivity index (χ0v) is 9.19. The van der Waals surface area contributed by atoms with Gasteiger partial charge in [-0.2, -0.15) is 0 Å². The molecule has 2 aromatic rings. The zero-order chi connectivity index (χ0) is 10.6. The normalized spacial score (nSPS) is 29.6. The average molecular weight is 206 g/mol. The Kier molecular flexibility index (Phi) is 1.48. The summed E-state index contributed by atoms with van der Waals surface area (Å²) in [5.74, 6) is 0.868. The minimum atomic E-state index is 0.387. The first kappa shape index (κ1) is 8.58. The fourth-order valence-electron chi connectivity index (χ4n) is 3.55. The van der Waals surface area contributed by atoms with Crippen LogP contribution in [-0.2, 0) is 11.8 Å². The van der Waals surface area contributed by atoms with Crippen LogP contribution in [0.2, 0.25) is 0 Å². The van der Waals surface area contributed by atoms with Gasteiger partial charge >= 0.3 is 0 Å². The van der Waals surface area contributed by atoms with Crippen LogP contribution >= 0.6 is 0 Å². The van der Waals surface area contributed by atoms with E-state index in [1.54, 1.807) is 11.1 Å². The average Bonchev–Trinajstić information content (AvgIpc) is 2.99. The zero-order valence-electron chi connectivity index (χ0n) is 9.19. The van der Waals surface area contributed by atoms with E-state index >= 15 is 0 Å². The molecule has 2 aromatic carbocycles. The second-order valence-electron chi connectivity index (χ2n) is 5.10. The highest BCUT2D eigenvalue weighted by molar-refractivity contribution is 5.55. The van der Waals surface area contributed by atoms with Crippen molar-refractivity contribution in [3.63, 3.8) is 0 Å². The maximum absolute atomic E-state index is 2.33. The quantitative estimate of drug-likeness (QED) is 0.669. The first-order valence-electron chi connectivity index (χ1n) is 6.05. The molecule has 0 nitrogen and oxygen atoms in total. The van der Waals surface area contributed by atoms with Gasteiger partial charge in [0.05, 0.1) is 0 Å². The molecule has 0 amide bonds. The molecule has 0 aromatic heterocycles. The molecule has 2 aliphatic rings. The molecule has 0 radical (unpaired) electrons. The summed E-state index contributed by atoms with van der Waals surface area (Å²) in [4.78, 5) is 0. The van der Waals surface area contributed by atoms with Crippen molar-refractivity contribution < 1.29 is 0 Å². The molecule has 0 heterocycles. The molecule has 1 fully saturated rings. The molecule has 16 heavy (non-hydrogen) atoms. The summed E-state index contributed by atoms with van der Waals surface area (Å²) >= 11 is 0. The third-order valence-corrected chi connectivity index (χ3v) is 4.36. The van der Waals surface area contributed by atoms with E-state index in [0.29, 0.717) is 5.41 Å². The standard InChI is InChI=1S/C16H14/c1-2-7-13(8-3-1)16-11-14(16)10-12-6-4-5-9-15(12)16/h1-9,14H,10-11H2/t14-,16-/m0/s1. The molecule has 2 aliphatic carbocycles. The highest BCUT2D eigenvalue weighted by Crippen LogP contribution is 2.65. The van der Waals surface area contributed by atoms with E-state index in [1.807, 2.05) is 0 Å². The fourth-order valence-corrected chi connectivity index (χ4v) is 3.55. The SMILES string of the molecule is c1ccc([C@@]23C[C@@H]2Cc2ccccc23)cc1. The second kappa shape index (κ2) is 2.76. The maximum atomic E-state index is 2.33. The summed E-state index contributed by atoms with van der Waals surface area (Å²) in [5.41, 5.74) is 5.07. The van der Waals surface area contributed by atoms with Gasteiger partial charge in [0, 0.05) is 5.41 Å². The Balaban J connectivity index is 1.92. The van der Waals surface area contributed by atoms with Gasteiger partial charge in [-0.1, -0.05) is 54.6 Å². The molecule has 78 valence electrons. The van der Waals surface area contributed by atoms with Crippen LogP contribution in [0, 0.1) is 5.92 Å². The van der Waals surface area contributed by atoms with E-state index in [2.05, 4.69) is 54.6 Å². The van der Waals surface area contributed by atoms with E-state index < -0.39 is 0 Å². The fraction of sp³-hybridized carbons (Fsp3) is 0.250. The third-order valence-electron chi connectivity index (χ3n) is 4.36. The number of hydrogen-bond donors (Lipinski definition) is 0. The van der Waals surface area contributed by atoms with Crippen LogP contribution in [0.4, 0.5) is 0 Å². The summed E-state index contributed by atoms with van der Waals surface area (Å²) in [6.45, 7) is 0. The van der Waals surface area contributed by atoms with Crippen LogP contribution in [0.25, 0.3) is 0 Å². The molecule has 2 atom stereocenters. The van der Waals surface area contributed by atoms with Gasteiger partial charge in [-0.3, -0.25) is 0 Å². The van der Waals surface area contributed by atoms with E-state index in [9.17, 15) is 0 Å². The van der Waals surface area contributed by atoms with Crippen molar-refractivity contribution in [2.75, 3.05) is 0 Å². The van der Waals surface area contributed by atoms with Gasteiger partial charge < -0.3 is 0 Å². The molecule has 0 N–H and O–H groups in total. The van der Waals surface area contributed by atoms with Crippen molar-refractivity contribution in [1.29, 1.82) is 0 Å². The van der Waals surface area contributed by atoms with Crippen molar-refractivity contribution in [3.05, 3.63) is 71.3 Å². The van der Waals surface area contributed by atoms with Crippen molar-refractivity contribution in [3.8, 4) is 0 Å². The first-order valence-corrected chi connectivity index (χ1v) is 6.05. The molecule has 0 spiro atoms. The lowest BCUT2D eigenvalue weighted by atomic mass is 9.88. The Bertz CT molecular complexity index is 541. The van der Waals surface area contributed by atoms with Crippen molar-refractivity contribution in [2.24, 2.45) is 5.92 Å². The smallest absolute Gasteiger partial charge is 0.0240 e. The van der Waals surface area contributed by atoms with Gasteiger partial charge in [0.2, 0.25) is 0 Å². The van der Waals surface area contributed by atoms with Gasteiger partial charge in [0.1, 0.15) is 0 Å². The second-order valence-corrected chi connectivity index (χ2v) is 5.10. The van der Waals surface area contributed by atoms with Gasteiger partial charge in [0.25, 0.3) is 0 Å². The lowest BCUT2D eigenvalue weighted by Gasteiger charge is -2.15. The molecular formula is C16H14. The Labute approximate surface area is 95.9 Å². The molecule has 0 bridgehead atoms. The van der Waals surface area contributed by atoms with Gasteiger partial charge in [-0.05, 0) is 35.4 Å². The van der Waals surface area contributed by atoms with Crippen LogP contribution in [-0.4, -0.2) is 0 Å². The topological polar surface area (TPSA) is 0 Å². The predicted molar refractivity (Wildman–Crippen MR) is 65.5 cm³/mol. The van der Waals surface area contributed by atoms with Crippen LogP contribution in [0.3, 0.4) is 0 Å². The Morgan fingerprint density at radius 3 is 2.50 bits per heavy atom. The Hall–Kier alpha value is -1.56. The van der Waals surface area contributed by atoms with Crippen LogP contribution in [0.1, 0.15) is 23.1 Å². The maximum Gasteiger partial charge on any atom is 0.0240 e. The van der Waals surface area contributed by atoms with Crippen molar-refractivity contribution in [2.45, 2.75) is 18.3 Å². The van der Waals surface area contributed by atoms with E-state index in [-0.39, 0.29) is 0 Å². The summed E-state index contributed by atoms with van der Waals surface area (Å²) in [6, 6.07) is 20.0. The summed E-state index contributed by atoms with van der Waals surface area (Å²) < 4.78 is 0. The summed E-state index contributed by atoms with van der Waals surface area (Å²) in [5, 5.41) is 0. The van der Waals surface area contributed by atoms with Crippen LogP contribution in [0.15, 0.2) is 54.6 Å². The van der Waals surface area contributed by atoms with Crippen molar-refractivity contribution in [1.82, 2.24) is 0 Å². The highest BCUT2D eigenvalue weighted by Gasteiger charge is 2.60. The molecule has 0 aliphatic heterocycles. The number of hydrogen-bond acceptors (Lipinski definition) is 0. The lowest BCUT2D eigenvalue weighted by molar-refractivity contribution is 0.762. The summed E-state index contributed by atoms with van der Waals surface area (Å²) in [6.07, 6.45) is 2.64. The van der Waals surface area contributed by atoms with Crippen molar-refractivity contribution >= 4 is 0 Å². The first-order chi connectivity index (χ1) is 7.91. The predicted octanol–water partition coefficient (Wildman–Crippen LogP) is 3.55. The monoisotopic (exact) mass is 206 g/mol. The van der Waals surface area contributed by atoms with E-state index in [0.717, 1.165) is 5.92 Å². The molecule has 4 rings (SSSR count). The van der Waals surface area contributed by atoms with Crippen LogP contribution < -0.4 is 0 Å². The Morgan fingerprint density at radius 1 is 0.875 bits per heavy atom. The molecule has 0 heteroatoms. The highest BCUT2D eigenvalue weighted by atomic mass is 14.6. The summed E-state index contributed by atoms with van der Waals surface area (Å²) in [7, 11) is 0. The van der Waals surface area contributed by atoms with Crippen LogP contribution in [0.5, 0.6) is 0 Å².